The zero-order chi connectivity index (χ0) is 17.8. The molecule has 3 rings (SSSR count). The monoisotopic (exact) mass is 364 g/mol. The molecule has 1 aromatic carbocycles. The van der Waals surface area contributed by atoms with Crippen LogP contribution in [-0.4, -0.2) is 43.8 Å². The van der Waals surface area contributed by atoms with Crippen LogP contribution in [-0.2, 0) is 16.0 Å². The summed E-state index contributed by atoms with van der Waals surface area (Å²) in [5.74, 6) is -0.761. The van der Waals surface area contributed by atoms with E-state index in [9.17, 15) is 9.18 Å². The van der Waals surface area contributed by atoms with E-state index in [0.29, 0.717) is 30.3 Å². The lowest BCUT2D eigenvalue weighted by atomic mass is 10.0. The van der Waals surface area contributed by atoms with E-state index in [2.05, 4.69) is 4.90 Å². The lowest BCUT2D eigenvalue weighted by Gasteiger charge is -2.26. The van der Waals surface area contributed by atoms with Crippen LogP contribution in [0.2, 0.25) is 0 Å². The average Bonchev–Trinajstić information content (AvgIpc) is 2.92. The lowest BCUT2D eigenvalue weighted by molar-refractivity contribution is 0.0346. The molecule has 0 radical (unpaired) electrons. The number of nitrogen functional groups attached to an aromatic ring is 1. The second kappa shape index (κ2) is 7.95. The molecule has 2 heterocycles. The molecule has 1 aliphatic heterocycles. The van der Waals surface area contributed by atoms with Gasteiger partial charge in [0.2, 0.25) is 0 Å². The number of halogens is 1. The van der Waals surface area contributed by atoms with E-state index >= 15 is 0 Å². The number of rotatable bonds is 5. The second-order valence-electron chi connectivity index (χ2n) is 5.76. The van der Waals surface area contributed by atoms with Gasteiger partial charge in [-0.2, -0.15) is 0 Å². The van der Waals surface area contributed by atoms with Gasteiger partial charge in [-0.05, 0) is 24.6 Å². The minimum atomic E-state index is -0.441. The van der Waals surface area contributed by atoms with E-state index in [4.69, 9.17) is 15.2 Å². The summed E-state index contributed by atoms with van der Waals surface area (Å²) in [4.78, 5) is 15.7. The normalized spacial score (nSPS) is 15.3. The molecule has 2 aromatic rings. The van der Waals surface area contributed by atoms with E-state index < -0.39 is 5.97 Å². The van der Waals surface area contributed by atoms with Crippen molar-refractivity contribution in [2.24, 2.45) is 0 Å². The quantitative estimate of drug-likeness (QED) is 0.826. The molecule has 134 valence electrons. The number of hydrogen-bond acceptors (Lipinski definition) is 6. The van der Waals surface area contributed by atoms with Crippen LogP contribution >= 0.6 is 11.3 Å². The Morgan fingerprint density at radius 3 is 2.64 bits per heavy atom. The highest BCUT2D eigenvalue weighted by atomic mass is 32.1. The van der Waals surface area contributed by atoms with Gasteiger partial charge in [0.15, 0.2) is 0 Å². The molecule has 0 aliphatic carbocycles. The number of carbonyl (C=O) groups excluding carboxylic acids is 1. The number of carbonyl (C=O) groups is 1. The number of hydrogen-bond donors (Lipinski definition) is 1. The van der Waals surface area contributed by atoms with Crippen molar-refractivity contribution in [3.63, 3.8) is 0 Å². The topological polar surface area (TPSA) is 64.8 Å². The van der Waals surface area contributed by atoms with Crippen LogP contribution in [0.4, 0.5) is 9.39 Å². The van der Waals surface area contributed by atoms with Crippen LogP contribution < -0.4 is 5.73 Å². The molecule has 1 saturated heterocycles. The molecule has 0 saturated carbocycles. The van der Waals surface area contributed by atoms with Gasteiger partial charge in [0, 0.05) is 30.1 Å². The predicted molar refractivity (Wildman–Crippen MR) is 96.2 cm³/mol. The van der Waals surface area contributed by atoms with Crippen molar-refractivity contribution in [1.29, 1.82) is 0 Å². The van der Waals surface area contributed by atoms with Gasteiger partial charge in [-0.3, -0.25) is 4.90 Å². The van der Waals surface area contributed by atoms with E-state index in [-0.39, 0.29) is 12.4 Å². The molecule has 1 aromatic heterocycles. The fraction of sp³-hybridized carbons (Fsp3) is 0.389. The Morgan fingerprint density at radius 1 is 1.32 bits per heavy atom. The first-order valence-electron chi connectivity index (χ1n) is 8.24. The van der Waals surface area contributed by atoms with E-state index in [1.807, 2.05) is 0 Å². The first-order chi connectivity index (χ1) is 12.1. The summed E-state index contributed by atoms with van der Waals surface area (Å²) in [5, 5.41) is 0.432. The van der Waals surface area contributed by atoms with Gasteiger partial charge >= 0.3 is 5.97 Å². The smallest absolute Gasteiger partial charge is 0.341 e. The highest BCUT2D eigenvalue weighted by Crippen LogP contribution is 2.40. The van der Waals surface area contributed by atoms with Crippen molar-refractivity contribution in [3.05, 3.63) is 40.5 Å². The summed E-state index contributed by atoms with van der Waals surface area (Å²) in [5.41, 5.74) is 8.03. The minimum Gasteiger partial charge on any atom is -0.462 e. The fourth-order valence-corrected chi connectivity index (χ4v) is 4.02. The summed E-state index contributed by atoms with van der Waals surface area (Å²) in [6.07, 6.45) is 0. The Balaban J connectivity index is 2.02. The third-order valence-electron chi connectivity index (χ3n) is 4.09. The van der Waals surface area contributed by atoms with Crippen LogP contribution in [0.5, 0.6) is 0 Å². The number of morpholine rings is 1. The maximum atomic E-state index is 13.3. The van der Waals surface area contributed by atoms with E-state index in [1.165, 1.54) is 23.5 Å². The highest BCUT2D eigenvalue weighted by Gasteiger charge is 2.26. The highest BCUT2D eigenvalue weighted by molar-refractivity contribution is 7.17. The lowest BCUT2D eigenvalue weighted by Crippen LogP contribution is -2.35. The Kier molecular flexibility index (Phi) is 5.67. The SMILES string of the molecule is CCOC(=O)c1c(N)sc(CN2CCOCC2)c1-c1ccc(F)cc1. The number of benzene rings is 1. The van der Waals surface area contributed by atoms with Gasteiger partial charge in [-0.15, -0.1) is 11.3 Å². The number of nitrogens with zero attached hydrogens (tertiary/aromatic N) is 1. The minimum absolute atomic E-state index is 0.274. The van der Waals surface area contributed by atoms with Crippen molar-refractivity contribution in [2.75, 3.05) is 38.6 Å². The van der Waals surface area contributed by atoms with Crippen LogP contribution in [0.3, 0.4) is 0 Å². The number of nitrogens with two attached hydrogens (primary N) is 1. The molecule has 0 amide bonds. The molecule has 1 aliphatic rings. The number of anilines is 1. The van der Waals surface area contributed by atoms with Gasteiger partial charge in [0.1, 0.15) is 16.4 Å². The molecule has 0 bridgehead atoms. The number of thiophene rings is 1. The summed E-state index contributed by atoms with van der Waals surface area (Å²) in [6.45, 7) is 5.74. The molecule has 25 heavy (non-hydrogen) atoms. The largest absolute Gasteiger partial charge is 0.462 e. The van der Waals surface area contributed by atoms with Crippen LogP contribution in [0.1, 0.15) is 22.2 Å². The Bertz CT molecular complexity index is 740. The van der Waals surface area contributed by atoms with Gasteiger partial charge in [0.25, 0.3) is 0 Å². The molecule has 5 nitrogen and oxygen atoms in total. The molecule has 0 spiro atoms. The first kappa shape index (κ1) is 17.8. The predicted octanol–water partition coefficient (Wildman–Crippen LogP) is 3.15. The Hall–Kier alpha value is -1.96. The standard InChI is InChI=1S/C18H21FN2O3S/c1-2-24-18(22)16-15(12-3-5-13(19)6-4-12)14(25-17(16)20)11-21-7-9-23-10-8-21/h3-6H,2,7-11,20H2,1H3. The zero-order valence-electron chi connectivity index (χ0n) is 14.1. The molecule has 0 unspecified atom stereocenters. The maximum absolute atomic E-state index is 13.3. The van der Waals surface area contributed by atoms with Crippen LogP contribution in [0, 0.1) is 5.82 Å². The Labute approximate surface area is 150 Å². The summed E-state index contributed by atoms with van der Waals surface area (Å²) >= 11 is 1.39. The average molecular weight is 364 g/mol. The number of ether oxygens (including phenoxy) is 2. The zero-order valence-corrected chi connectivity index (χ0v) is 14.9. The molecular formula is C18H21FN2O3S. The summed E-state index contributed by atoms with van der Waals surface area (Å²) in [7, 11) is 0. The summed E-state index contributed by atoms with van der Waals surface area (Å²) in [6, 6.07) is 6.11. The molecule has 7 heteroatoms. The van der Waals surface area contributed by atoms with Crippen molar-refractivity contribution in [3.8, 4) is 11.1 Å². The molecule has 2 N–H and O–H groups in total. The van der Waals surface area contributed by atoms with Gasteiger partial charge < -0.3 is 15.2 Å². The third-order valence-corrected chi connectivity index (χ3v) is 5.10. The van der Waals surface area contributed by atoms with Gasteiger partial charge in [-0.25, -0.2) is 9.18 Å². The van der Waals surface area contributed by atoms with Crippen molar-refractivity contribution in [1.82, 2.24) is 4.90 Å². The number of esters is 1. The van der Waals surface area contributed by atoms with Crippen molar-refractivity contribution in [2.45, 2.75) is 13.5 Å². The first-order valence-corrected chi connectivity index (χ1v) is 9.06. The van der Waals surface area contributed by atoms with E-state index in [1.54, 1.807) is 19.1 Å². The third kappa shape index (κ3) is 4.00. The summed E-state index contributed by atoms with van der Waals surface area (Å²) < 4.78 is 23.9. The molecule has 1 fully saturated rings. The fourth-order valence-electron chi connectivity index (χ4n) is 2.90. The van der Waals surface area contributed by atoms with Crippen molar-refractivity contribution < 1.29 is 18.7 Å². The van der Waals surface area contributed by atoms with Crippen LogP contribution in [0.25, 0.3) is 11.1 Å². The molecule has 0 atom stereocenters. The van der Waals surface area contributed by atoms with Gasteiger partial charge in [0.05, 0.1) is 19.8 Å². The second-order valence-corrected chi connectivity index (χ2v) is 6.89. The maximum Gasteiger partial charge on any atom is 0.341 e. The van der Waals surface area contributed by atoms with Crippen LogP contribution in [0.15, 0.2) is 24.3 Å². The Morgan fingerprint density at radius 2 is 2.00 bits per heavy atom. The van der Waals surface area contributed by atoms with Crippen molar-refractivity contribution >= 4 is 22.3 Å². The van der Waals surface area contributed by atoms with E-state index in [0.717, 1.165) is 29.1 Å². The molecular weight excluding hydrogens is 343 g/mol. The van der Waals surface area contributed by atoms with Gasteiger partial charge in [-0.1, -0.05) is 12.1 Å².